The molecule has 20 heavy (non-hydrogen) atoms. The number of carbonyl (C=O) groups is 2. The standard InChI is InChI=1S/C10H4ClF2N3O3S/c11-10-16-15-8(20-10)7(17)14-6-1-3(9(18)19)4(12)2-5(6)13/h1-2H,(H,14,17)(H,18,19). The van der Waals surface area contributed by atoms with Crippen LogP contribution in [0.15, 0.2) is 12.1 Å². The van der Waals surface area contributed by atoms with Gasteiger partial charge in [0, 0.05) is 6.07 Å². The van der Waals surface area contributed by atoms with E-state index in [1.807, 2.05) is 0 Å². The average Bonchev–Trinajstić information content (AvgIpc) is 2.79. The van der Waals surface area contributed by atoms with Crippen LogP contribution in [0.25, 0.3) is 0 Å². The second kappa shape index (κ2) is 5.47. The van der Waals surface area contributed by atoms with Crippen molar-refractivity contribution >= 4 is 40.5 Å². The lowest BCUT2D eigenvalue weighted by Crippen LogP contribution is -2.14. The Morgan fingerprint density at radius 3 is 2.50 bits per heavy atom. The summed E-state index contributed by atoms with van der Waals surface area (Å²) in [6.45, 7) is 0. The van der Waals surface area contributed by atoms with Crippen LogP contribution in [0, 0.1) is 11.6 Å². The van der Waals surface area contributed by atoms with E-state index < -0.39 is 34.8 Å². The molecule has 1 aromatic carbocycles. The molecular weight excluding hydrogens is 316 g/mol. The van der Waals surface area contributed by atoms with Gasteiger partial charge in [0.15, 0.2) is 0 Å². The summed E-state index contributed by atoms with van der Waals surface area (Å²) in [6, 6.07) is 1.04. The van der Waals surface area contributed by atoms with Crippen LogP contribution >= 0.6 is 22.9 Å². The quantitative estimate of drug-likeness (QED) is 0.906. The van der Waals surface area contributed by atoms with E-state index in [1.165, 1.54) is 0 Å². The topological polar surface area (TPSA) is 92.2 Å². The van der Waals surface area contributed by atoms with Gasteiger partial charge in [-0.3, -0.25) is 4.79 Å². The first-order valence-corrected chi connectivity index (χ1v) is 6.10. The predicted octanol–water partition coefficient (Wildman–Crippen LogP) is 2.42. The highest BCUT2D eigenvalue weighted by molar-refractivity contribution is 7.17. The van der Waals surface area contributed by atoms with E-state index >= 15 is 0 Å². The molecule has 0 radical (unpaired) electrons. The van der Waals surface area contributed by atoms with Gasteiger partial charge in [0.25, 0.3) is 5.91 Å². The molecule has 0 saturated carbocycles. The fraction of sp³-hybridized carbons (Fsp3) is 0. The lowest BCUT2D eigenvalue weighted by atomic mass is 10.2. The van der Waals surface area contributed by atoms with Crippen LogP contribution in [-0.2, 0) is 0 Å². The van der Waals surface area contributed by atoms with Crippen molar-refractivity contribution in [2.75, 3.05) is 5.32 Å². The number of nitrogens with one attached hydrogen (secondary N) is 1. The summed E-state index contributed by atoms with van der Waals surface area (Å²) < 4.78 is 26.7. The number of aromatic carboxylic acids is 1. The molecule has 0 aliphatic carbocycles. The Kier molecular flexibility index (Phi) is 3.91. The molecule has 0 spiro atoms. The van der Waals surface area contributed by atoms with Crippen LogP contribution in [0.2, 0.25) is 4.47 Å². The molecule has 2 N–H and O–H groups in total. The Morgan fingerprint density at radius 2 is 1.95 bits per heavy atom. The number of hydrogen-bond acceptors (Lipinski definition) is 5. The van der Waals surface area contributed by atoms with E-state index in [4.69, 9.17) is 16.7 Å². The van der Waals surface area contributed by atoms with Crippen LogP contribution in [0.3, 0.4) is 0 Å². The highest BCUT2D eigenvalue weighted by atomic mass is 35.5. The van der Waals surface area contributed by atoms with Crippen molar-refractivity contribution in [2.24, 2.45) is 0 Å². The van der Waals surface area contributed by atoms with Gasteiger partial charge in [-0.1, -0.05) is 11.3 Å². The molecule has 10 heteroatoms. The maximum Gasteiger partial charge on any atom is 0.338 e. The normalized spacial score (nSPS) is 10.3. The molecule has 1 aromatic heterocycles. The summed E-state index contributed by atoms with van der Waals surface area (Å²) in [4.78, 5) is 22.4. The molecule has 1 amide bonds. The molecule has 1 heterocycles. The van der Waals surface area contributed by atoms with Gasteiger partial charge in [-0.15, -0.1) is 10.2 Å². The molecular formula is C10H4ClF2N3O3S. The number of carboxylic acids is 1. The third kappa shape index (κ3) is 2.89. The molecule has 6 nitrogen and oxygen atoms in total. The smallest absolute Gasteiger partial charge is 0.338 e. The Bertz CT molecular complexity index is 707. The van der Waals surface area contributed by atoms with Crippen molar-refractivity contribution < 1.29 is 23.5 Å². The Labute approximate surface area is 119 Å². The minimum absolute atomic E-state index is 0.0148. The Hall–Kier alpha value is -2.13. The second-order valence-electron chi connectivity index (χ2n) is 3.43. The van der Waals surface area contributed by atoms with Gasteiger partial charge in [0.2, 0.25) is 9.47 Å². The molecule has 0 fully saturated rings. The molecule has 0 bridgehead atoms. The maximum atomic E-state index is 13.5. The molecule has 0 saturated heterocycles. The number of nitrogens with zero attached hydrogens (tertiary/aromatic N) is 2. The van der Waals surface area contributed by atoms with E-state index in [9.17, 15) is 18.4 Å². The number of hydrogen-bond donors (Lipinski definition) is 2. The zero-order valence-corrected chi connectivity index (χ0v) is 10.9. The minimum Gasteiger partial charge on any atom is -0.478 e. The second-order valence-corrected chi connectivity index (χ2v) is 4.99. The molecule has 0 atom stereocenters. The van der Waals surface area contributed by atoms with Crippen molar-refractivity contribution in [3.05, 3.63) is 38.8 Å². The molecule has 2 aromatic rings. The molecule has 0 unspecified atom stereocenters. The predicted molar refractivity (Wildman–Crippen MR) is 66.2 cm³/mol. The third-order valence-corrected chi connectivity index (χ3v) is 3.15. The highest BCUT2D eigenvalue weighted by Crippen LogP contribution is 2.21. The maximum absolute atomic E-state index is 13.5. The zero-order valence-electron chi connectivity index (χ0n) is 9.35. The van der Waals surface area contributed by atoms with Crippen LogP contribution in [0.5, 0.6) is 0 Å². The van der Waals surface area contributed by atoms with Crippen LogP contribution in [0.4, 0.5) is 14.5 Å². The number of halogens is 3. The monoisotopic (exact) mass is 319 g/mol. The lowest BCUT2D eigenvalue weighted by Gasteiger charge is -2.06. The van der Waals surface area contributed by atoms with Crippen molar-refractivity contribution in [1.29, 1.82) is 0 Å². The minimum atomic E-state index is -1.59. The zero-order chi connectivity index (χ0) is 14.9. The van der Waals surface area contributed by atoms with Gasteiger partial charge in [-0.25, -0.2) is 13.6 Å². The number of carboxylic acid groups (broad SMARTS) is 1. The first-order chi connectivity index (χ1) is 9.38. The van der Waals surface area contributed by atoms with Gasteiger partial charge < -0.3 is 10.4 Å². The highest BCUT2D eigenvalue weighted by Gasteiger charge is 2.18. The van der Waals surface area contributed by atoms with Crippen LogP contribution in [-0.4, -0.2) is 27.2 Å². The average molecular weight is 320 g/mol. The SMILES string of the molecule is O=C(Nc1cc(C(=O)O)c(F)cc1F)c1nnc(Cl)s1. The van der Waals surface area contributed by atoms with Gasteiger partial charge in [0.1, 0.15) is 11.6 Å². The molecule has 104 valence electrons. The Morgan fingerprint density at radius 1 is 1.25 bits per heavy atom. The summed E-state index contributed by atoms with van der Waals surface area (Å²) in [5.41, 5.74) is -1.25. The number of rotatable bonds is 3. The molecule has 2 rings (SSSR count). The van der Waals surface area contributed by atoms with E-state index in [2.05, 4.69) is 15.5 Å². The fourth-order valence-corrected chi connectivity index (χ4v) is 2.01. The van der Waals surface area contributed by atoms with Gasteiger partial charge >= 0.3 is 5.97 Å². The first kappa shape index (κ1) is 14.3. The van der Waals surface area contributed by atoms with E-state index in [0.29, 0.717) is 12.1 Å². The lowest BCUT2D eigenvalue weighted by molar-refractivity contribution is 0.0691. The van der Waals surface area contributed by atoms with E-state index in [-0.39, 0.29) is 9.47 Å². The van der Waals surface area contributed by atoms with Crippen molar-refractivity contribution in [2.45, 2.75) is 0 Å². The number of benzene rings is 1. The number of aromatic nitrogens is 2. The largest absolute Gasteiger partial charge is 0.478 e. The summed E-state index contributed by atoms with van der Waals surface area (Å²) in [5, 5.41) is 17.5. The molecule has 0 aliphatic heterocycles. The van der Waals surface area contributed by atoms with Crippen molar-refractivity contribution in [3.8, 4) is 0 Å². The third-order valence-electron chi connectivity index (χ3n) is 2.13. The summed E-state index contributed by atoms with van der Waals surface area (Å²) in [5.74, 6) is -4.78. The van der Waals surface area contributed by atoms with E-state index in [0.717, 1.165) is 11.3 Å². The number of carbonyl (C=O) groups excluding carboxylic acids is 1. The van der Waals surface area contributed by atoms with Crippen molar-refractivity contribution in [3.63, 3.8) is 0 Å². The number of amides is 1. The van der Waals surface area contributed by atoms with E-state index in [1.54, 1.807) is 0 Å². The summed E-state index contributed by atoms with van der Waals surface area (Å²) in [6.07, 6.45) is 0. The Balaban J connectivity index is 2.31. The number of anilines is 1. The van der Waals surface area contributed by atoms with Crippen LogP contribution < -0.4 is 5.32 Å². The van der Waals surface area contributed by atoms with Crippen molar-refractivity contribution in [1.82, 2.24) is 10.2 Å². The van der Waals surface area contributed by atoms with Gasteiger partial charge in [-0.2, -0.15) is 0 Å². The van der Waals surface area contributed by atoms with Gasteiger partial charge in [0.05, 0.1) is 11.3 Å². The fourth-order valence-electron chi connectivity index (χ4n) is 1.28. The summed E-state index contributed by atoms with van der Waals surface area (Å²) >= 11 is 6.24. The molecule has 0 aliphatic rings. The van der Waals surface area contributed by atoms with Gasteiger partial charge in [-0.05, 0) is 17.7 Å². The summed E-state index contributed by atoms with van der Waals surface area (Å²) in [7, 11) is 0. The van der Waals surface area contributed by atoms with Crippen LogP contribution in [0.1, 0.15) is 20.2 Å². The first-order valence-electron chi connectivity index (χ1n) is 4.91.